The lowest BCUT2D eigenvalue weighted by Gasteiger charge is -2.11. The van der Waals surface area contributed by atoms with Crippen molar-refractivity contribution >= 4 is 57.2 Å². The molecular weight excluding hydrogens is 435 g/mol. The number of hydrogen-bond donors (Lipinski definition) is 1. The molecule has 140 valence electrons. The van der Waals surface area contributed by atoms with Crippen LogP contribution in [0.5, 0.6) is 11.5 Å². The van der Waals surface area contributed by atoms with Crippen molar-refractivity contribution in [2.45, 2.75) is 0 Å². The summed E-state index contributed by atoms with van der Waals surface area (Å²) in [5, 5.41) is 11.7. The van der Waals surface area contributed by atoms with Crippen molar-refractivity contribution in [3.63, 3.8) is 0 Å². The average Bonchev–Trinajstić information content (AvgIpc) is 3.13. The Kier molecular flexibility index (Phi) is 6.01. The largest absolute Gasteiger partial charge is 0.496 e. The molecule has 0 aliphatic rings. The molecule has 0 aliphatic carbocycles. The van der Waals surface area contributed by atoms with Gasteiger partial charge in [0.1, 0.15) is 22.2 Å². The molecule has 1 aromatic carbocycles. The molecule has 1 N–H and O–H groups in total. The molecule has 2 aromatic heterocycles. The first-order valence-corrected chi connectivity index (χ1v) is 9.27. The Morgan fingerprint density at radius 2 is 1.74 bits per heavy atom. The zero-order chi connectivity index (χ0) is 19.6. The molecule has 3 aromatic rings. The van der Waals surface area contributed by atoms with Crippen LogP contribution in [0.15, 0.2) is 24.4 Å². The lowest BCUT2D eigenvalue weighted by molar-refractivity contribution is 0.102. The topological polar surface area (TPSA) is 86.2 Å². The van der Waals surface area contributed by atoms with Crippen molar-refractivity contribution in [3.8, 4) is 22.1 Å². The molecule has 0 aliphatic heterocycles. The van der Waals surface area contributed by atoms with E-state index in [1.807, 2.05) is 0 Å². The predicted octanol–water partition coefficient (Wildman–Crippen LogP) is 4.83. The summed E-state index contributed by atoms with van der Waals surface area (Å²) in [4.78, 5) is 16.6. The zero-order valence-corrected chi connectivity index (χ0v) is 17.0. The van der Waals surface area contributed by atoms with Crippen LogP contribution in [0.4, 0.5) is 5.13 Å². The van der Waals surface area contributed by atoms with Gasteiger partial charge in [0.05, 0.1) is 29.8 Å². The minimum Gasteiger partial charge on any atom is -0.496 e. The maximum absolute atomic E-state index is 12.7. The second-order valence-corrected chi connectivity index (χ2v) is 7.09. The van der Waals surface area contributed by atoms with Crippen LogP contribution in [-0.2, 0) is 0 Å². The molecule has 0 unspecified atom stereocenters. The van der Waals surface area contributed by atoms with E-state index in [2.05, 4.69) is 20.5 Å². The molecule has 27 heavy (non-hydrogen) atoms. The summed E-state index contributed by atoms with van der Waals surface area (Å²) in [7, 11) is 2.93. The lowest BCUT2D eigenvalue weighted by Crippen LogP contribution is -2.14. The molecule has 0 saturated carbocycles. The number of anilines is 1. The number of benzene rings is 1. The highest BCUT2D eigenvalue weighted by atomic mass is 35.5. The fourth-order valence-corrected chi connectivity index (χ4v) is 3.59. The van der Waals surface area contributed by atoms with Gasteiger partial charge >= 0.3 is 0 Å². The van der Waals surface area contributed by atoms with Gasteiger partial charge in [0, 0.05) is 6.20 Å². The Balaban J connectivity index is 1.89. The minimum atomic E-state index is -0.453. The third kappa shape index (κ3) is 3.93. The zero-order valence-electron chi connectivity index (χ0n) is 13.9. The van der Waals surface area contributed by atoms with E-state index < -0.39 is 5.91 Å². The molecule has 0 bridgehead atoms. The average molecular weight is 446 g/mol. The molecule has 0 radical (unpaired) electrons. The van der Waals surface area contributed by atoms with Gasteiger partial charge in [-0.25, -0.2) is 4.98 Å². The standard InChI is InChI=1S/C16H11Cl3N4O3S/c1-25-8-4-3-5-9(26-2)10(8)14(24)21-16-23-22-15(27-16)7-6-20-13(19)12(18)11(7)17/h3-6H,1-2H3,(H,21,23,24). The number of aromatic nitrogens is 3. The number of methoxy groups -OCH3 is 2. The molecule has 0 atom stereocenters. The summed E-state index contributed by atoms with van der Waals surface area (Å²) >= 11 is 19.1. The van der Waals surface area contributed by atoms with Gasteiger partial charge < -0.3 is 9.47 Å². The molecule has 3 rings (SSSR count). The number of amides is 1. The van der Waals surface area contributed by atoms with Crippen LogP contribution < -0.4 is 14.8 Å². The molecule has 11 heteroatoms. The molecule has 2 heterocycles. The lowest BCUT2D eigenvalue weighted by atomic mass is 10.1. The van der Waals surface area contributed by atoms with Crippen molar-refractivity contribution in [2.24, 2.45) is 0 Å². The first-order chi connectivity index (χ1) is 13.0. The molecule has 7 nitrogen and oxygen atoms in total. The summed E-state index contributed by atoms with van der Waals surface area (Å²) in [6.45, 7) is 0. The molecule has 0 spiro atoms. The summed E-state index contributed by atoms with van der Waals surface area (Å²) in [6.07, 6.45) is 1.44. The van der Waals surface area contributed by atoms with Crippen molar-refractivity contribution < 1.29 is 14.3 Å². The smallest absolute Gasteiger partial charge is 0.265 e. The molecule has 0 saturated heterocycles. The Morgan fingerprint density at radius 3 is 2.37 bits per heavy atom. The van der Waals surface area contributed by atoms with E-state index in [4.69, 9.17) is 44.3 Å². The van der Waals surface area contributed by atoms with E-state index in [0.29, 0.717) is 22.1 Å². The van der Waals surface area contributed by atoms with Crippen LogP contribution in [-0.4, -0.2) is 35.3 Å². The molecule has 1 amide bonds. The van der Waals surface area contributed by atoms with Crippen LogP contribution in [0.1, 0.15) is 10.4 Å². The summed E-state index contributed by atoms with van der Waals surface area (Å²) < 4.78 is 10.5. The van der Waals surface area contributed by atoms with E-state index >= 15 is 0 Å². The van der Waals surface area contributed by atoms with Crippen molar-refractivity contribution in [1.29, 1.82) is 0 Å². The van der Waals surface area contributed by atoms with Crippen LogP contribution in [0.3, 0.4) is 0 Å². The highest BCUT2D eigenvalue weighted by Gasteiger charge is 2.21. The van der Waals surface area contributed by atoms with E-state index in [9.17, 15) is 4.79 Å². The van der Waals surface area contributed by atoms with Gasteiger partial charge in [-0.1, -0.05) is 52.2 Å². The number of ether oxygens (including phenoxy) is 2. The number of pyridine rings is 1. The Labute approximate surface area is 173 Å². The van der Waals surface area contributed by atoms with Crippen LogP contribution in [0.2, 0.25) is 15.2 Å². The third-order valence-electron chi connectivity index (χ3n) is 3.45. The number of carbonyl (C=O) groups is 1. The maximum atomic E-state index is 12.7. The van der Waals surface area contributed by atoms with Crippen molar-refractivity contribution in [1.82, 2.24) is 15.2 Å². The second kappa shape index (κ2) is 8.26. The predicted molar refractivity (Wildman–Crippen MR) is 106 cm³/mol. The Morgan fingerprint density at radius 1 is 1.07 bits per heavy atom. The quantitative estimate of drug-likeness (QED) is 0.566. The van der Waals surface area contributed by atoms with Crippen molar-refractivity contribution in [2.75, 3.05) is 19.5 Å². The summed E-state index contributed by atoms with van der Waals surface area (Å²) in [6, 6.07) is 5.03. The van der Waals surface area contributed by atoms with Crippen LogP contribution in [0, 0.1) is 0 Å². The maximum Gasteiger partial charge on any atom is 0.265 e. The summed E-state index contributed by atoms with van der Waals surface area (Å²) in [5.74, 6) is 0.284. The summed E-state index contributed by atoms with van der Waals surface area (Å²) in [5.41, 5.74) is 0.701. The second-order valence-electron chi connectivity index (χ2n) is 4.99. The Hall–Kier alpha value is -2.13. The van der Waals surface area contributed by atoms with Crippen molar-refractivity contribution in [3.05, 3.63) is 45.2 Å². The Bertz CT molecular complexity index is 990. The van der Waals surface area contributed by atoms with Crippen LogP contribution >= 0.6 is 46.1 Å². The van der Waals surface area contributed by atoms with Gasteiger partial charge in [0.2, 0.25) is 5.13 Å². The third-order valence-corrected chi connectivity index (χ3v) is 5.56. The van der Waals surface area contributed by atoms with Gasteiger partial charge in [0.15, 0.2) is 5.01 Å². The number of nitrogens with zero attached hydrogens (tertiary/aromatic N) is 3. The van der Waals surface area contributed by atoms with Gasteiger partial charge in [-0.15, -0.1) is 10.2 Å². The van der Waals surface area contributed by atoms with E-state index in [0.717, 1.165) is 11.3 Å². The fraction of sp³-hybridized carbons (Fsp3) is 0.125. The molecule has 0 fully saturated rings. The van der Waals surface area contributed by atoms with E-state index in [1.54, 1.807) is 18.2 Å². The van der Waals surface area contributed by atoms with E-state index in [1.165, 1.54) is 20.4 Å². The number of hydrogen-bond acceptors (Lipinski definition) is 7. The van der Waals surface area contributed by atoms with Gasteiger partial charge in [-0.05, 0) is 12.1 Å². The number of carbonyl (C=O) groups excluding carboxylic acids is 1. The fourth-order valence-electron chi connectivity index (χ4n) is 2.21. The van der Waals surface area contributed by atoms with Gasteiger partial charge in [0.25, 0.3) is 5.91 Å². The first kappa shape index (κ1) is 19.6. The monoisotopic (exact) mass is 444 g/mol. The van der Waals surface area contributed by atoms with Crippen LogP contribution in [0.25, 0.3) is 10.6 Å². The van der Waals surface area contributed by atoms with Gasteiger partial charge in [-0.3, -0.25) is 10.1 Å². The first-order valence-electron chi connectivity index (χ1n) is 7.32. The van der Waals surface area contributed by atoms with E-state index in [-0.39, 0.29) is 25.9 Å². The normalized spacial score (nSPS) is 10.6. The number of halogens is 3. The number of nitrogens with one attached hydrogen (secondary N) is 1. The van der Waals surface area contributed by atoms with Gasteiger partial charge in [-0.2, -0.15) is 0 Å². The molecular formula is C16H11Cl3N4O3S. The highest BCUT2D eigenvalue weighted by Crippen LogP contribution is 2.38. The highest BCUT2D eigenvalue weighted by molar-refractivity contribution is 7.18. The SMILES string of the molecule is COc1cccc(OC)c1C(=O)Nc1nnc(-c2cnc(Cl)c(Cl)c2Cl)s1. The number of rotatable bonds is 5. The minimum absolute atomic E-state index is 0.0896.